The van der Waals surface area contributed by atoms with Crippen molar-refractivity contribution in [2.45, 2.75) is 57.3 Å². The van der Waals surface area contributed by atoms with E-state index in [2.05, 4.69) is 0 Å². The maximum absolute atomic E-state index is 14.3. The van der Waals surface area contributed by atoms with Crippen molar-refractivity contribution in [3.8, 4) is 11.8 Å². The van der Waals surface area contributed by atoms with Crippen LogP contribution in [0.5, 0.6) is 5.75 Å². The minimum Gasteiger partial charge on any atom is -0.483 e. The molecule has 156 valence electrons. The highest BCUT2D eigenvalue weighted by Gasteiger charge is 2.52. The number of benzene rings is 1. The van der Waals surface area contributed by atoms with Crippen LogP contribution in [-0.4, -0.2) is 59.5 Å². The molecule has 1 N–H and O–H groups in total. The molecule has 3 rings (SSSR count). The number of hydrogen-bond acceptors (Lipinski definition) is 5. The van der Waals surface area contributed by atoms with Crippen LogP contribution in [0, 0.1) is 11.3 Å². The summed E-state index contributed by atoms with van der Waals surface area (Å²) in [5.41, 5.74) is -0.451. The molecule has 2 heterocycles. The zero-order valence-corrected chi connectivity index (χ0v) is 16.7. The van der Waals surface area contributed by atoms with Crippen molar-refractivity contribution >= 4 is 18.7 Å². The minimum atomic E-state index is -3.37. The summed E-state index contributed by atoms with van der Waals surface area (Å²) in [5, 5.41) is 18.4. The van der Waals surface area contributed by atoms with Crippen LogP contribution in [-0.2, 0) is 9.31 Å². The fourth-order valence-corrected chi connectivity index (χ4v) is 3.24. The zero-order valence-electron chi connectivity index (χ0n) is 16.7. The highest BCUT2D eigenvalue weighted by molar-refractivity contribution is 6.62. The van der Waals surface area contributed by atoms with E-state index in [0.717, 1.165) is 0 Å². The summed E-state index contributed by atoms with van der Waals surface area (Å²) >= 11 is 0. The second-order valence-electron chi connectivity index (χ2n) is 8.32. The van der Waals surface area contributed by atoms with Crippen LogP contribution < -0.4 is 10.2 Å². The Balaban J connectivity index is 1.79. The van der Waals surface area contributed by atoms with E-state index in [9.17, 15) is 18.8 Å². The molecular formula is C19H23BF2N2O5. The Bertz CT molecular complexity index is 839. The molecule has 1 unspecified atom stereocenters. The van der Waals surface area contributed by atoms with Gasteiger partial charge in [0.15, 0.2) is 6.10 Å². The van der Waals surface area contributed by atoms with Crippen LogP contribution in [0.4, 0.5) is 13.6 Å². The number of likely N-dealkylation sites (tertiary alicyclic amines) is 1. The Kier molecular flexibility index (Phi) is 5.26. The highest BCUT2D eigenvalue weighted by Crippen LogP contribution is 2.37. The lowest BCUT2D eigenvalue weighted by atomic mass is 9.78. The quantitative estimate of drug-likeness (QED) is 0.774. The largest absolute Gasteiger partial charge is 0.494 e. The molecule has 1 amide bonds. The Morgan fingerprint density at radius 2 is 1.93 bits per heavy atom. The van der Waals surface area contributed by atoms with Crippen molar-refractivity contribution in [2.24, 2.45) is 0 Å². The second-order valence-corrected chi connectivity index (χ2v) is 8.32. The summed E-state index contributed by atoms with van der Waals surface area (Å²) < 4.78 is 46.0. The first-order chi connectivity index (χ1) is 13.4. The van der Waals surface area contributed by atoms with Gasteiger partial charge in [0, 0.05) is 13.0 Å². The molecule has 2 aliphatic heterocycles. The molecular weight excluding hydrogens is 385 g/mol. The van der Waals surface area contributed by atoms with E-state index in [0.29, 0.717) is 10.4 Å². The standard InChI is InChI=1S/C19H23BF2N2O5/c1-17(2)18(3,4)29-20(28-17)13-5-6-14(12(9-13)10-23)27-15-7-8-24(16(25)26)11-19(15,21)22/h5-6,9,15H,7-8,11H2,1-4H3,(H,25,26). The molecule has 0 bridgehead atoms. The van der Waals surface area contributed by atoms with Gasteiger partial charge >= 0.3 is 19.1 Å². The van der Waals surface area contributed by atoms with E-state index >= 15 is 0 Å². The van der Waals surface area contributed by atoms with Gasteiger partial charge in [-0.25, -0.2) is 13.6 Å². The molecule has 0 aliphatic carbocycles. The third-order valence-electron chi connectivity index (χ3n) is 5.72. The molecule has 2 saturated heterocycles. The maximum Gasteiger partial charge on any atom is 0.494 e. The highest BCUT2D eigenvalue weighted by atomic mass is 19.3. The van der Waals surface area contributed by atoms with Crippen LogP contribution in [0.1, 0.15) is 39.7 Å². The molecule has 2 aliphatic rings. The van der Waals surface area contributed by atoms with E-state index in [1.165, 1.54) is 12.1 Å². The van der Waals surface area contributed by atoms with Crippen LogP contribution >= 0.6 is 0 Å². The number of amides is 1. The average Bonchev–Trinajstić information content (AvgIpc) is 2.84. The average molecular weight is 408 g/mol. The number of nitrogens with zero attached hydrogens (tertiary/aromatic N) is 2. The number of nitriles is 1. The molecule has 0 spiro atoms. The van der Waals surface area contributed by atoms with Crippen molar-refractivity contribution in [3.05, 3.63) is 23.8 Å². The van der Waals surface area contributed by atoms with E-state index < -0.39 is 43.0 Å². The fraction of sp³-hybridized carbons (Fsp3) is 0.579. The summed E-state index contributed by atoms with van der Waals surface area (Å²) in [6.45, 7) is 6.61. The van der Waals surface area contributed by atoms with Gasteiger partial charge in [-0.15, -0.1) is 0 Å². The van der Waals surface area contributed by atoms with Gasteiger partial charge in [-0.3, -0.25) is 0 Å². The molecule has 10 heteroatoms. The van der Waals surface area contributed by atoms with Crippen LogP contribution in [0.2, 0.25) is 0 Å². The topological polar surface area (TPSA) is 92.0 Å². The third kappa shape index (κ3) is 4.02. The normalized spacial score (nSPS) is 24.8. The number of rotatable bonds is 3. The summed E-state index contributed by atoms with van der Waals surface area (Å²) in [6.07, 6.45) is -3.09. The number of alkyl halides is 2. The van der Waals surface area contributed by atoms with E-state index in [1.807, 2.05) is 33.8 Å². The lowest BCUT2D eigenvalue weighted by Gasteiger charge is -2.36. The lowest BCUT2D eigenvalue weighted by Crippen LogP contribution is -2.55. The smallest absolute Gasteiger partial charge is 0.483 e. The third-order valence-corrected chi connectivity index (χ3v) is 5.72. The summed E-state index contributed by atoms with van der Waals surface area (Å²) in [5.74, 6) is -3.35. The van der Waals surface area contributed by atoms with Crippen molar-refractivity contribution in [2.75, 3.05) is 13.1 Å². The Hall–Kier alpha value is -2.38. The van der Waals surface area contributed by atoms with Crippen LogP contribution in [0.15, 0.2) is 18.2 Å². The SMILES string of the molecule is CC1(C)OB(c2ccc(OC3CCN(C(=O)O)CC3(F)F)c(C#N)c2)OC1(C)C. The fourth-order valence-electron chi connectivity index (χ4n) is 3.24. The molecule has 1 atom stereocenters. The molecule has 1 aromatic carbocycles. The van der Waals surface area contributed by atoms with Gasteiger partial charge in [0.05, 0.1) is 23.3 Å². The number of halogens is 2. The number of ether oxygens (including phenoxy) is 1. The van der Waals surface area contributed by atoms with Gasteiger partial charge in [0.2, 0.25) is 0 Å². The molecule has 7 nitrogen and oxygen atoms in total. The summed E-state index contributed by atoms with van der Waals surface area (Å²) in [6, 6.07) is 6.52. The monoisotopic (exact) mass is 408 g/mol. The Labute approximate surface area is 168 Å². The van der Waals surface area contributed by atoms with Crippen LogP contribution in [0.25, 0.3) is 0 Å². The molecule has 0 radical (unpaired) electrons. The van der Waals surface area contributed by atoms with Crippen molar-refractivity contribution in [3.63, 3.8) is 0 Å². The van der Waals surface area contributed by atoms with Gasteiger partial charge in [-0.2, -0.15) is 5.26 Å². The molecule has 1 aromatic rings. The number of piperidine rings is 1. The van der Waals surface area contributed by atoms with E-state index in [4.69, 9.17) is 19.2 Å². The maximum atomic E-state index is 14.3. The van der Waals surface area contributed by atoms with Gasteiger partial charge in [0.25, 0.3) is 0 Å². The van der Waals surface area contributed by atoms with Gasteiger partial charge in [-0.1, -0.05) is 6.07 Å². The molecule has 29 heavy (non-hydrogen) atoms. The summed E-state index contributed by atoms with van der Waals surface area (Å²) in [7, 11) is -0.693. The second kappa shape index (κ2) is 7.15. The molecule has 0 saturated carbocycles. The Morgan fingerprint density at radius 3 is 2.45 bits per heavy atom. The van der Waals surface area contributed by atoms with Crippen LogP contribution in [0.3, 0.4) is 0 Å². The van der Waals surface area contributed by atoms with E-state index in [-0.39, 0.29) is 24.3 Å². The van der Waals surface area contributed by atoms with Gasteiger partial charge in [0.1, 0.15) is 11.8 Å². The van der Waals surface area contributed by atoms with Gasteiger partial charge < -0.3 is 24.1 Å². The summed E-state index contributed by atoms with van der Waals surface area (Å²) in [4.78, 5) is 11.6. The number of carbonyl (C=O) groups is 1. The molecule has 2 fully saturated rings. The molecule has 0 aromatic heterocycles. The van der Waals surface area contributed by atoms with Gasteiger partial charge in [-0.05, 0) is 45.3 Å². The predicted octanol–water partition coefficient (Wildman–Crippen LogP) is 2.62. The number of carboxylic acid groups (broad SMARTS) is 1. The zero-order chi connectivity index (χ0) is 21.6. The first-order valence-corrected chi connectivity index (χ1v) is 9.28. The van der Waals surface area contributed by atoms with Crippen molar-refractivity contribution in [1.82, 2.24) is 4.90 Å². The van der Waals surface area contributed by atoms with Crippen molar-refractivity contribution < 1.29 is 32.7 Å². The minimum absolute atomic E-state index is 0.0150. The Morgan fingerprint density at radius 1 is 1.31 bits per heavy atom. The van der Waals surface area contributed by atoms with Crippen molar-refractivity contribution in [1.29, 1.82) is 5.26 Å². The number of hydrogen-bond donors (Lipinski definition) is 1. The lowest BCUT2D eigenvalue weighted by molar-refractivity contribution is -0.133. The first kappa shape index (κ1) is 21.3. The first-order valence-electron chi connectivity index (χ1n) is 9.28. The van der Waals surface area contributed by atoms with E-state index in [1.54, 1.807) is 6.07 Å². The predicted molar refractivity (Wildman–Crippen MR) is 100 cm³/mol.